The van der Waals surface area contributed by atoms with Gasteiger partial charge in [0.15, 0.2) is 5.25 Å². The van der Waals surface area contributed by atoms with Gasteiger partial charge in [-0.1, -0.05) is 13.0 Å². The van der Waals surface area contributed by atoms with E-state index in [1.165, 1.54) is 24.3 Å². The van der Waals surface area contributed by atoms with Crippen LogP contribution in [0.25, 0.3) is 0 Å². The van der Waals surface area contributed by atoms with E-state index in [-0.39, 0.29) is 16.5 Å². The minimum absolute atomic E-state index is 0.0760. The van der Waals surface area contributed by atoms with E-state index < -0.39 is 27.0 Å². The van der Waals surface area contributed by atoms with Crippen LogP contribution in [0.15, 0.2) is 46.2 Å². The fourth-order valence-corrected chi connectivity index (χ4v) is 5.81. The standard InChI is InChI=1S/C22H24FN3O4S2/c1-13-7-9-26(10-8-13)22(28)20-21(27)24-18-12-16(5-6-19(18)31-20)32(29,30)25-15-4-3-14(2)17(23)11-15/h3-6,11-13,20,25H,7-10H2,1-2H3,(H,24,27). The number of nitrogens with one attached hydrogen (secondary N) is 2. The molecule has 7 nitrogen and oxygen atoms in total. The third kappa shape index (κ3) is 4.61. The average Bonchev–Trinajstić information content (AvgIpc) is 2.75. The third-order valence-corrected chi connectivity index (χ3v) is 8.39. The summed E-state index contributed by atoms with van der Waals surface area (Å²) in [4.78, 5) is 27.8. The third-order valence-electron chi connectivity index (χ3n) is 5.75. The molecule has 32 heavy (non-hydrogen) atoms. The molecule has 0 bridgehead atoms. The minimum Gasteiger partial charge on any atom is -0.341 e. The van der Waals surface area contributed by atoms with Crippen LogP contribution >= 0.6 is 11.8 Å². The van der Waals surface area contributed by atoms with Gasteiger partial charge in [-0.3, -0.25) is 14.3 Å². The van der Waals surface area contributed by atoms with E-state index in [0.29, 0.717) is 35.2 Å². The Balaban J connectivity index is 1.52. The topological polar surface area (TPSA) is 95.6 Å². The molecule has 2 amide bonds. The molecule has 4 rings (SSSR count). The van der Waals surface area contributed by atoms with Crippen LogP contribution in [0.4, 0.5) is 15.8 Å². The van der Waals surface area contributed by atoms with Gasteiger partial charge in [0, 0.05) is 18.0 Å². The lowest BCUT2D eigenvalue weighted by molar-refractivity contribution is -0.135. The van der Waals surface area contributed by atoms with E-state index in [4.69, 9.17) is 0 Å². The summed E-state index contributed by atoms with van der Waals surface area (Å²) in [6.07, 6.45) is 1.83. The Morgan fingerprint density at radius 2 is 1.91 bits per heavy atom. The highest BCUT2D eigenvalue weighted by Gasteiger charge is 2.37. The van der Waals surface area contributed by atoms with Crippen LogP contribution in [0.3, 0.4) is 0 Å². The van der Waals surface area contributed by atoms with Crippen molar-refractivity contribution in [3.05, 3.63) is 47.8 Å². The predicted octanol–water partition coefficient (Wildman–Crippen LogP) is 3.61. The number of benzene rings is 2. The van der Waals surface area contributed by atoms with E-state index in [9.17, 15) is 22.4 Å². The first-order valence-electron chi connectivity index (χ1n) is 10.3. The molecule has 2 aliphatic heterocycles. The van der Waals surface area contributed by atoms with Crippen LogP contribution in [-0.4, -0.2) is 43.5 Å². The van der Waals surface area contributed by atoms with Gasteiger partial charge in [0.2, 0.25) is 11.8 Å². The molecule has 2 aliphatic rings. The molecule has 170 valence electrons. The normalized spacial score (nSPS) is 19.3. The monoisotopic (exact) mass is 477 g/mol. The molecule has 1 unspecified atom stereocenters. The maximum absolute atomic E-state index is 13.8. The van der Waals surface area contributed by atoms with Crippen LogP contribution in [0.5, 0.6) is 0 Å². The number of halogens is 1. The number of hydrogen-bond acceptors (Lipinski definition) is 5. The van der Waals surface area contributed by atoms with Crippen molar-refractivity contribution in [3.8, 4) is 0 Å². The molecule has 2 N–H and O–H groups in total. The number of piperidine rings is 1. The minimum atomic E-state index is -4.00. The second-order valence-electron chi connectivity index (χ2n) is 8.22. The lowest BCUT2D eigenvalue weighted by Gasteiger charge is -2.33. The Hall–Kier alpha value is -2.59. The Morgan fingerprint density at radius 3 is 2.59 bits per heavy atom. The zero-order chi connectivity index (χ0) is 23.0. The van der Waals surface area contributed by atoms with Gasteiger partial charge in [-0.15, -0.1) is 11.8 Å². The average molecular weight is 478 g/mol. The van der Waals surface area contributed by atoms with E-state index in [0.717, 1.165) is 30.7 Å². The van der Waals surface area contributed by atoms with Crippen molar-refractivity contribution in [1.82, 2.24) is 4.90 Å². The molecule has 2 heterocycles. The highest BCUT2D eigenvalue weighted by atomic mass is 32.2. The Morgan fingerprint density at radius 1 is 1.19 bits per heavy atom. The zero-order valence-electron chi connectivity index (χ0n) is 17.7. The van der Waals surface area contributed by atoms with E-state index in [1.807, 2.05) is 0 Å². The predicted molar refractivity (Wildman–Crippen MR) is 122 cm³/mol. The lowest BCUT2D eigenvalue weighted by atomic mass is 9.99. The number of hydrogen-bond donors (Lipinski definition) is 2. The van der Waals surface area contributed by atoms with Gasteiger partial charge >= 0.3 is 0 Å². The maximum atomic E-state index is 13.8. The number of carbonyl (C=O) groups excluding carboxylic acids is 2. The molecule has 0 aliphatic carbocycles. The summed E-state index contributed by atoms with van der Waals surface area (Å²) < 4.78 is 41.6. The highest BCUT2D eigenvalue weighted by molar-refractivity contribution is 8.01. The first-order valence-corrected chi connectivity index (χ1v) is 12.7. The van der Waals surface area contributed by atoms with Crippen LogP contribution in [0, 0.1) is 18.7 Å². The van der Waals surface area contributed by atoms with Crippen molar-refractivity contribution in [2.75, 3.05) is 23.1 Å². The smallest absolute Gasteiger partial charge is 0.261 e. The summed E-state index contributed by atoms with van der Waals surface area (Å²) in [6, 6.07) is 8.39. The second kappa shape index (κ2) is 8.74. The molecule has 10 heteroatoms. The van der Waals surface area contributed by atoms with Gasteiger partial charge in [0.25, 0.3) is 10.0 Å². The summed E-state index contributed by atoms with van der Waals surface area (Å²) >= 11 is 1.13. The fourth-order valence-electron chi connectivity index (χ4n) is 3.68. The summed E-state index contributed by atoms with van der Waals surface area (Å²) in [5.41, 5.74) is 0.838. The van der Waals surface area contributed by atoms with Crippen LogP contribution < -0.4 is 10.0 Å². The molecule has 0 saturated carbocycles. The fraction of sp³-hybridized carbons (Fsp3) is 0.364. The molecule has 2 aromatic carbocycles. The number of fused-ring (bicyclic) bond motifs is 1. The Labute approximate surface area is 190 Å². The van der Waals surface area contributed by atoms with Crippen molar-refractivity contribution in [2.45, 2.75) is 41.7 Å². The van der Waals surface area contributed by atoms with Crippen LogP contribution in [0.2, 0.25) is 0 Å². The number of amides is 2. The maximum Gasteiger partial charge on any atom is 0.261 e. The van der Waals surface area contributed by atoms with Gasteiger partial charge in [0.1, 0.15) is 5.82 Å². The summed E-state index contributed by atoms with van der Waals surface area (Å²) in [5, 5.41) is 1.78. The first kappa shape index (κ1) is 22.6. The summed E-state index contributed by atoms with van der Waals surface area (Å²) in [5.74, 6) is -0.629. The largest absolute Gasteiger partial charge is 0.341 e. The molecule has 0 spiro atoms. The first-order chi connectivity index (χ1) is 15.1. The van der Waals surface area contributed by atoms with Crippen molar-refractivity contribution in [2.24, 2.45) is 5.92 Å². The van der Waals surface area contributed by atoms with Crippen LogP contribution in [0.1, 0.15) is 25.3 Å². The number of carbonyl (C=O) groups is 2. The number of rotatable bonds is 4. The van der Waals surface area contributed by atoms with Gasteiger partial charge in [-0.2, -0.15) is 0 Å². The second-order valence-corrected chi connectivity index (χ2v) is 11.1. The van der Waals surface area contributed by atoms with Crippen LogP contribution in [-0.2, 0) is 19.6 Å². The number of sulfonamides is 1. The van der Waals surface area contributed by atoms with Crippen molar-refractivity contribution in [3.63, 3.8) is 0 Å². The van der Waals surface area contributed by atoms with Gasteiger partial charge in [-0.25, -0.2) is 12.8 Å². The highest BCUT2D eigenvalue weighted by Crippen LogP contribution is 2.38. The van der Waals surface area contributed by atoms with E-state index >= 15 is 0 Å². The molecule has 2 aromatic rings. The summed E-state index contributed by atoms with van der Waals surface area (Å²) in [7, 11) is -4.00. The molecule has 0 aromatic heterocycles. The van der Waals surface area contributed by atoms with Crippen molar-refractivity contribution in [1.29, 1.82) is 0 Å². The van der Waals surface area contributed by atoms with E-state index in [1.54, 1.807) is 17.9 Å². The summed E-state index contributed by atoms with van der Waals surface area (Å²) in [6.45, 7) is 5.01. The molecule has 1 fully saturated rings. The molecule has 1 saturated heterocycles. The number of aryl methyl sites for hydroxylation is 1. The van der Waals surface area contributed by atoms with E-state index in [2.05, 4.69) is 17.0 Å². The van der Waals surface area contributed by atoms with Crippen molar-refractivity contribution >= 4 is 45.0 Å². The van der Waals surface area contributed by atoms with Gasteiger partial charge < -0.3 is 10.2 Å². The Bertz CT molecular complexity index is 1180. The van der Waals surface area contributed by atoms with Crippen molar-refractivity contribution < 1.29 is 22.4 Å². The molecule has 0 radical (unpaired) electrons. The zero-order valence-corrected chi connectivity index (χ0v) is 19.4. The lowest BCUT2D eigenvalue weighted by Crippen LogP contribution is -2.47. The Kier molecular flexibility index (Phi) is 6.17. The number of thioether (sulfide) groups is 1. The number of likely N-dealkylation sites (tertiary alicyclic amines) is 1. The molecular formula is C22H24FN3O4S2. The quantitative estimate of drug-likeness (QED) is 0.656. The van der Waals surface area contributed by atoms with Gasteiger partial charge in [-0.05, 0) is 61.6 Å². The van der Waals surface area contributed by atoms with Gasteiger partial charge in [0.05, 0.1) is 16.3 Å². The number of nitrogens with zero attached hydrogens (tertiary/aromatic N) is 1. The number of anilines is 2. The molecular weight excluding hydrogens is 453 g/mol. The molecule has 1 atom stereocenters. The SMILES string of the molecule is Cc1ccc(NS(=O)(=O)c2ccc3c(c2)NC(=O)C(C(=O)N2CCC(C)CC2)S3)cc1F.